The molecule has 0 heterocycles. The highest BCUT2D eigenvalue weighted by Gasteiger charge is 1.99. The molecule has 11 heavy (non-hydrogen) atoms. The fourth-order valence-corrected chi connectivity index (χ4v) is 1.73. The van der Waals surface area contributed by atoms with Gasteiger partial charge in [0, 0.05) is 5.25 Å². The Morgan fingerprint density at radius 3 is 2.18 bits per heavy atom. The van der Waals surface area contributed by atoms with Gasteiger partial charge in [0.25, 0.3) is 0 Å². The highest BCUT2D eigenvalue weighted by Crippen LogP contribution is 2.13. The van der Waals surface area contributed by atoms with Crippen LogP contribution in [0.25, 0.3) is 0 Å². The minimum atomic E-state index is 0.664. The number of thiol groups is 1. The Labute approximate surface area is 77.2 Å². The van der Waals surface area contributed by atoms with E-state index in [9.17, 15) is 0 Å². The second-order valence-corrected chi connectivity index (χ2v) is 4.02. The molecule has 0 aromatic heterocycles. The van der Waals surface area contributed by atoms with Crippen molar-refractivity contribution in [3.8, 4) is 0 Å². The molecular weight excluding hydrogens is 152 g/mol. The van der Waals surface area contributed by atoms with Crippen LogP contribution in [0.2, 0.25) is 0 Å². The van der Waals surface area contributed by atoms with Crippen LogP contribution in [0.1, 0.15) is 58.8 Å². The predicted octanol–water partition coefficient (Wildman–Crippen LogP) is 4.06. The van der Waals surface area contributed by atoms with E-state index in [1.165, 1.54) is 44.9 Å². The highest BCUT2D eigenvalue weighted by molar-refractivity contribution is 7.80. The Bertz CT molecular complexity index is 71.3. The van der Waals surface area contributed by atoms with Crippen molar-refractivity contribution in [2.24, 2.45) is 0 Å². The largest absolute Gasteiger partial charge is 0.176 e. The van der Waals surface area contributed by atoms with Crippen LogP contribution >= 0.6 is 12.6 Å². The van der Waals surface area contributed by atoms with Crippen LogP contribution in [-0.2, 0) is 0 Å². The van der Waals surface area contributed by atoms with E-state index in [1.807, 2.05) is 0 Å². The lowest BCUT2D eigenvalue weighted by Crippen LogP contribution is -1.97. The maximum atomic E-state index is 4.51. The van der Waals surface area contributed by atoms with Gasteiger partial charge in [-0.25, -0.2) is 0 Å². The lowest BCUT2D eigenvalue weighted by atomic mass is 10.1. The van der Waals surface area contributed by atoms with Crippen LogP contribution in [0.5, 0.6) is 0 Å². The lowest BCUT2D eigenvalue weighted by molar-refractivity contribution is 0.597. The molecule has 0 bridgehead atoms. The molecule has 0 aliphatic rings. The van der Waals surface area contributed by atoms with Crippen molar-refractivity contribution >= 4 is 12.6 Å². The Morgan fingerprint density at radius 2 is 1.64 bits per heavy atom. The molecule has 0 radical (unpaired) electrons. The van der Waals surface area contributed by atoms with E-state index in [0.29, 0.717) is 5.25 Å². The number of rotatable bonds is 7. The molecule has 0 spiro atoms. The molecule has 0 fully saturated rings. The quantitative estimate of drug-likeness (QED) is 0.437. The monoisotopic (exact) mass is 174 g/mol. The van der Waals surface area contributed by atoms with Crippen LogP contribution < -0.4 is 0 Å². The van der Waals surface area contributed by atoms with Gasteiger partial charge in [-0.2, -0.15) is 12.6 Å². The molecular formula is C10H22S. The van der Waals surface area contributed by atoms with Gasteiger partial charge >= 0.3 is 0 Å². The normalized spacial score (nSPS) is 13.4. The summed E-state index contributed by atoms with van der Waals surface area (Å²) in [4.78, 5) is 0. The minimum Gasteiger partial charge on any atom is -0.176 e. The van der Waals surface area contributed by atoms with E-state index in [1.54, 1.807) is 0 Å². The second-order valence-electron chi connectivity index (χ2n) is 3.29. The third-order valence-electron chi connectivity index (χ3n) is 2.01. The first-order valence-electron chi connectivity index (χ1n) is 4.99. The molecule has 0 nitrogen and oxygen atoms in total. The molecule has 0 saturated carbocycles. The number of hydrogen-bond donors (Lipinski definition) is 1. The summed E-state index contributed by atoms with van der Waals surface area (Å²) in [6.45, 7) is 4.49. The lowest BCUT2D eigenvalue weighted by Gasteiger charge is -2.07. The zero-order valence-electron chi connectivity index (χ0n) is 7.97. The average molecular weight is 174 g/mol. The highest BCUT2D eigenvalue weighted by atomic mass is 32.1. The van der Waals surface area contributed by atoms with Crippen LogP contribution in [0.4, 0.5) is 0 Å². The molecule has 1 atom stereocenters. The standard InChI is InChI=1S/C10H22S/c1-3-5-6-7-9-10(11)8-4-2/h10-11H,3-9H2,1-2H3/t10-/m1/s1. The molecule has 0 rings (SSSR count). The molecule has 0 aliphatic heterocycles. The first-order chi connectivity index (χ1) is 5.31. The SMILES string of the molecule is CCCCCC[C@H](S)CCC. The van der Waals surface area contributed by atoms with Crippen LogP contribution in [0.15, 0.2) is 0 Å². The summed E-state index contributed by atoms with van der Waals surface area (Å²) in [6.07, 6.45) is 9.39. The van der Waals surface area contributed by atoms with Crippen molar-refractivity contribution in [1.29, 1.82) is 0 Å². The van der Waals surface area contributed by atoms with E-state index >= 15 is 0 Å². The maximum Gasteiger partial charge on any atom is 0.00167 e. The van der Waals surface area contributed by atoms with Crippen LogP contribution in [-0.4, -0.2) is 5.25 Å². The first-order valence-corrected chi connectivity index (χ1v) is 5.51. The van der Waals surface area contributed by atoms with Gasteiger partial charge in [-0.1, -0.05) is 46.0 Å². The average Bonchev–Trinajstić information content (AvgIpc) is 1.99. The molecule has 0 N–H and O–H groups in total. The summed E-state index contributed by atoms with van der Waals surface area (Å²) in [6, 6.07) is 0. The van der Waals surface area contributed by atoms with Crippen molar-refractivity contribution in [2.75, 3.05) is 0 Å². The topological polar surface area (TPSA) is 0 Å². The summed E-state index contributed by atoms with van der Waals surface area (Å²) >= 11 is 4.51. The molecule has 68 valence electrons. The smallest absolute Gasteiger partial charge is 0.00167 e. The van der Waals surface area contributed by atoms with E-state index in [0.717, 1.165) is 0 Å². The summed E-state index contributed by atoms with van der Waals surface area (Å²) < 4.78 is 0. The van der Waals surface area contributed by atoms with Crippen LogP contribution in [0, 0.1) is 0 Å². The second kappa shape index (κ2) is 8.45. The molecule has 0 saturated heterocycles. The Balaban J connectivity index is 2.97. The van der Waals surface area contributed by atoms with Crippen LogP contribution in [0.3, 0.4) is 0 Å². The zero-order chi connectivity index (χ0) is 8.53. The van der Waals surface area contributed by atoms with E-state index in [-0.39, 0.29) is 0 Å². The van der Waals surface area contributed by atoms with Gasteiger partial charge in [0.05, 0.1) is 0 Å². The molecule has 0 aromatic carbocycles. The zero-order valence-corrected chi connectivity index (χ0v) is 8.87. The molecule has 1 heteroatoms. The van der Waals surface area contributed by atoms with Gasteiger partial charge in [-0.3, -0.25) is 0 Å². The van der Waals surface area contributed by atoms with Gasteiger partial charge in [0.15, 0.2) is 0 Å². The van der Waals surface area contributed by atoms with Gasteiger partial charge < -0.3 is 0 Å². The summed E-state index contributed by atoms with van der Waals surface area (Å²) in [5.41, 5.74) is 0. The molecule has 0 amide bonds. The Morgan fingerprint density at radius 1 is 0.909 bits per heavy atom. The van der Waals surface area contributed by atoms with Gasteiger partial charge in [0.1, 0.15) is 0 Å². The molecule has 0 aromatic rings. The van der Waals surface area contributed by atoms with Crippen molar-refractivity contribution < 1.29 is 0 Å². The molecule has 0 aliphatic carbocycles. The Kier molecular flexibility index (Phi) is 8.72. The maximum absolute atomic E-state index is 4.51. The minimum absolute atomic E-state index is 0.664. The summed E-state index contributed by atoms with van der Waals surface area (Å²) in [7, 11) is 0. The molecule has 0 unspecified atom stereocenters. The third-order valence-corrected chi connectivity index (χ3v) is 2.53. The fourth-order valence-electron chi connectivity index (χ4n) is 1.28. The first kappa shape index (κ1) is 11.4. The third kappa shape index (κ3) is 8.25. The van der Waals surface area contributed by atoms with Gasteiger partial charge in [-0.15, -0.1) is 0 Å². The van der Waals surface area contributed by atoms with Gasteiger partial charge in [-0.05, 0) is 12.8 Å². The number of hydrogen-bond acceptors (Lipinski definition) is 1. The van der Waals surface area contributed by atoms with Gasteiger partial charge in [0.2, 0.25) is 0 Å². The Hall–Kier alpha value is 0.350. The van der Waals surface area contributed by atoms with E-state index in [4.69, 9.17) is 0 Å². The predicted molar refractivity (Wildman–Crippen MR) is 56.4 cm³/mol. The summed E-state index contributed by atoms with van der Waals surface area (Å²) in [5.74, 6) is 0. The van der Waals surface area contributed by atoms with Crippen molar-refractivity contribution in [3.63, 3.8) is 0 Å². The van der Waals surface area contributed by atoms with Crippen molar-refractivity contribution in [1.82, 2.24) is 0 Å². The summed E-state index contributed by atoms with van der Waals surface area (Å²) in [5, 5.41) is 0.664. The van der Waals surface area contributed by atoms with E-state index < -0.39 is 0 Å². The van der Waals surface area contributed by atoms with Crippen molar-refractivity contribution in [2.45, 2.75) is 64.0 Å². The fraction of sp³-hybridized carbons (Fsp3) is 1.00. The van der Waals surface area contributed by atoms with Crippen molar-refractivity contribution in [3.05, 3.63) is 0 Å². The van der Waals surface area contributed by atoms with E-state index in [2.05, 4.69) is 26.5 Å². The number of unbranched alkanes of at least 4 members (excludes halogenated alkanes) is 3.